The number of nitrogens with one attached hydrogen (secondary N) is 1. The van der Waals surface area contributed by atoms with Gasteiger partial charge in [0.1, 0.15) is 11.6 Å². The summed E-state index contributed by atoms with van der Waals surface area (Å²) >= 11 is 3.27. The molecule has 0 radical (unpaired) electrons. The van der Waals surface area contributed by atoms with Crippen LogP contribution in [0, 0.1) is 5.82 Å². The summed E-state index contributed by atoms with van der Waals surface area (Å²) in [6.07, 6.45) is 2.89. The van der Waals surface area contributed by atoms with Crippen LogP contribution in [0.2, 0.25) is 0 Å². The van der Waals surface area contributed by atoms with Crippen molar-refractivity contribution in [3.8, 4) is 11.6 Å². The fraction of sp³-hybridized carbons (Fsp3) is 0.312. The minimum absolute atomic E-state index is 0.254. The van der Waals surface area contributed by atoms with Crippen LogP contribution in [-0.4, -0.2) is 11.5 Å². The molecule has 1 aromatic carbocycles. The van der Waals surface area contributed by atoms with Crippen molar-refractivity contribution in [2.75, 3.05) is 6.54 Å². The van der Waals surface area contributed by atoms with Gasteiger partial charge in [-0.1, -0.05) is 13.0 Å². The summed E-state index contributed by atoms with van der Waals surface area (Å²) in [5, 5.41) is 3.40. The number of ether oxygens (including phenoxy) is 1. The second-order valence-electron chi connectivity index (χ2n) is 4.78. The highest BCUT2D eigenvalue weighted by Gasteiger charge is 2.07. The Labute approximate surface area is 132 Å². The monoisotopic (exact) mass is 352 g/mol. The molecular formula is C16H18BrFN2O. The summed E-state index contributed by atoms with van der Waals surface area (Å²) in [6, 6.07) is 8.33. The first-order chi connectivity index (χ1) is 10.1. The predicted molar refractivity (Wildman–Crippen MR) is 85.1 cm³/mol. The van der Waals surface area contributed by atoms with Gasteiger partial charge in [-0.05, 0) is 59.6 Å². The van der Waals surface area contributed by atoms with Crippen LogP contribution in [0.5, 0.6) is 11.6 Å². The molecule has 0 spiro atoms. The van der Waals surface area contributed by atoms with E-state index < -0.39 is 0 Å². The van der Waals surface area contributed by atoms with Gasteiger partial charge in [0.2, 0.25) is 5.88 Å². The van der Waals surface area contributed by atoms with Crippen molar-refractivity contribution in [2.45, 2.75) is 26.3 Å². The highest BCUT2D eigenvalue weighted by Crippen LogP contribution is 2.29. The molecule has 0 amide bonds. The van der Waals surface area contributed by atoms with Gasteiger partial charge in [0.05, 0.1) is 4.47 Å². The molecule has 2 rings (SSSR count). The van der Waals surface area contributed by atoms with Crippen molar-refractivity contribution in [3.05, 3.63) is 52.4 Å². The van der Waals surface area contributed by atoms with E-state index in [2.05, 4.69) is 40.1 Å². The van der Waals surface area contributed by atoms with Gasteiger partial charge in [-0.15, -0.1) is 0 Å². The van der Waals surface area contributed by atoms with E-state index in [0.717, 1.165) is 18.5 Å². The molecule has 112 valence electrons. The lowest BCUT2D eigenvalue weighted by Gasteiger charge is -2.13. The smallest absolute Gasteiger partial charge is 0.219 e. The van der Waals surface area contributed by atoms with E-state index in [-0.39, 0.29) is 11.9 Å². The fourth-order valence-corrected chi connectivity index (χ4v) is 2.29. The van der Waals surface area contributed by atoms with Crippen molar-refractivity contribution in [3.63, 3.8) is 0 Å². The standard InChI is InChI=1S/C16H18BrFN2O/c1-3-8-19-11(2)12-4-7-16(20-10-12)21-15-6-5-13(18)9-14(15)17/h4-7,9-11,19H,3,8H2,1-2H3. The van der Waals surface area contributed by atoms with Crippen LogP contribution < -0.4 is 10.1 Å². The van der Waals surface area contributed by atoms with Crippen LogP contribution in [0.4, 0.5) is 4.39 Å². The van der Waals surface area contributed by atoms with E-state index in [1.54, 1.807) is 12.3 Å². The zero-order valence-electron chi connectivity index (χ0n) is 12.1. The average molecular weight is 353 g/mol. The molecule has 5 heteroatoms. The Morgan fingerprint density at radius 2 is 2.14 bits per heavy atom. The highest BCUT2D eigenvalue weighted by atomic mass is 79.9. The summed E-state index contributed by atoms with van der Waals surface area (Å²) in [5.41, 5.74) is 1.11. The largest absolute Gasteiger partial charge is 0.438 e. The number of hydrogen-bond acceptors (Lipinski definition) is 3. The van der Waals surface area contributed by atoms with Crippen molar-refractivity contribution >= 4 is 15.9 Å². The Morgan fingerprint density at radius 1 is 1.33 bits per heavy atom. The van der Waals surface area contributed by atoms with Crippen molar-refractivity contribution < 1.29 is 9.13 Å². The van der Waals surface area contributed by atoms with Gasteiger partial charge in [0, 0.05) is 18.3 Å². The van der Waals surface area contributed by atoms with Crippen LogP contribution in [-0.2, 0) is 0 Å². The molecule has 1 N–H and O–H groups in total. The van der Waals surface area contributed by atoms with Crippen LogP contribution in [0.3, 0.4) is 0 Å². The molecule has 0 saturated carbocycles. The summed E-state index contributed by atoms with van der Waals surface area (Å²) in [7, 11) is 0. The van der Waals surface area contributed by atoms with Gasteiger partial charge in [-0.3, -0.25) is 0 Å². The van der Waals surface area contributed by atoms with Crippen molar-refractivity contribution in [2.24, 2.45) is 0 Å². The first-order valence-electron chi connectivity index (χ1n) is 6.92. The Bertz CT molecular complexity index is 589. The van der Waals surface area contributed by atoms with Gasteiger partial charge in [-0.2, -0.15) is 0 Å². The number of rotatable bonds is 6. The van der Waals surface area contributed by atoms with Crippen LogP contribution in [0.1, 0.15) is 31.9 Å². The van der Waals surface area contributed by atoms with E-state index in [0.29, 0.717) is 16.1 Å². The quantitative estimate of drug-likeness (QED) is 0.807. The molecule has 0 bridgehead atoms. The van der Waals surface area contributed by atoms with E-state index >= 15 is 0 Å². The minimum atomic E-state index is -0.312. The number of halogens is 2. The van der Waals surface area contributed by atoms with Gasteiger partial charge in [0.25, 0.3) is 0 Å². The number of aromatic nitrogens is 1. The van der Waals surface area contributed by atoms with Gasteiger partial charge in [0.15, 0.2) is 0 Å². The highest BCUT2D eigenvalue weighted by molar-refractivity contribution is 9.10. The average Bonchev–Trinajstić information content (AvgIpc) is 2.48. The van der Waals surface area contributed by atoms with E-state index in [4.69, 9.17) is 4.74 Å². The van der Waals surface area contributed by atoms with E-state index in [9.17, 15) is 4.39 Å². The maximum Gasteiger partial charge on any atom is 0.219 e. The van der Waals surface area contributed by atoms with Gasteiger partial charge >= 0.3 is 0 Å². The van der Waals surface area contributed by atoms with E-state index in [1.165, 1.54) is 12.1 Å². The molecule has 1 heterocycles. The van der Waals surface area contributed by atoms with Gasteiger partial charge < -0.3 is 10.1 Å². The lowest BCUT2D eigenvalue weighted by molar-refractivity contribution is 0.456. The molecule has 0 fully saturated rings. The fourth-order valence-electron chi connectivity index (χ4n) is 1.86. The summed E-state index contributed by atoms with van der Waals surface area (Å²) in [6.45, 7) is 5.21. The maximum absolute atomic E-state index is 13.0. The molecule has 0 saturated heterocycles. The molecule has 1 atom stereocenters. The number of hydrogen-bond donors (Lipinski definition) is 1. The molecule has 1 aromatic heterocycles. The van der Waals surface area contributed by atoms with Crippen LogP contribution in [0.25, 0.3) is 0 Å². The summed E-state index contributed by atoms with van der Waals surface area (Å²) < 4.78 is 19.2. The Hall–Kier alpha value is -1.46. The number of pyridine rings is 1. The van der Waals surface area contributed by atoms with Crippen LogP contribution in [0.15, 0.2) is 41.0 Å². The number of benzene rings is 1. The molecule has 2 aromatic rings. The predicted octanol–water partition coefficient (Wildman–Crippen LogP) is 4.84. The lowest BCUT2D eigenvalue weighted by atomic mass is 10.1. The molecule has 0 aliphatic rings. The van der Waals surface area contributed by atoms with Crippen LogP contribution >= 0.6 is 15.9 Å². The number of nitrogens with zero attached hydrogens (tertiary/aromatic N) is 1. The van der Waals surface area contributed by atoms with Crippen molar-refractivity contribution in [1.29, 1.82) is 0 Å². The molecule has 1 unspecified atom stereocenters. The Morgan fingerprint density at radius 3 is 2.76 bits per heavy atom. The maximum atomic E-state index is 13.0. The SMILES string of the molecule is CCCNC(C)c1ccc(Oc2ccc(F)cc2Br)nc1. The zero-order chi connectivity index (χ0) is 15.2. The molecule has 0 aliphatic heterocycles. The molecular weight excluding hydrogens is 335 g/mol. The normalized spacial score (nSPS) is 12.2. The molecule has 0 aliphatic carbocycles. The zero-order valence-corrected chi connectivity index (χ0v) is 13.7. The second kappa shape index (κ2) is 7.52. The van der Waals surface area contributed by atoms with Crippen molar-refractivity contribution in [1.82, 2.24) is 10.3 Å². The summed E-state index contributed by atoms with van der Waals surface area (Å²) in [4.78, 5) is 4.29. The molecule has 3 nitrogen and oxygen atoms in total. The van der Waals surface area contributed by atoms with Gasteiger partial charge in [-0.25, -0.2) is 9.37 Å². The first-order valence-corrected chi connectivity index (χ1v) is 7.71. The molecule has 21 heavy (non-hydrogen) atoms. The minimum Gasteiger partial charge on any atom is -0.438 e. The third kappa shape index (κ3) is 4.51. The summed E-state index contributed by atoms with van der Waals surface area (Å²) in [5.74, 6) is 0.705. The first kappa shape index (κ1) is 15.9. The third-order valence-electron chi connectivity index (χ3n) is 3.07. The lowest BCUT2D eigenvalue weighted by Crippen LogP contribution is -2.19. The Balaban J connectivity index is 2.05. The van der Waals surface area contributed by atoms with E-state index in [1.807, 2.05) is 12.1 Å². The second-order valence-corrected chi connectivity index (χ2v) is 5.64. The Kier molecular flexibility index (Phi) is 5.70. The topological polar surface area (TPSA) is 34.1 Å². The third-order valence-corrected chi connectivity index (χ3v) is 3.69.